The number of carbonyl (C=O) groups excluding carboxylic acids is 4. The average Bonchev–Trinajstić information content (AvgIpc) is 3.87. The van der Waals surface area contributed by atoms with Gasteiger partial charge in [-0.3, -0.25) is 9.59 Å². The first-order chi connectivity index (χ1) is 26.9. The van der Waals surface area contributed by atoms with Crippen LogP contribution in [0.1, 0.15) is 61.8 Å². The van der Waals surface area contributed by atoms with Crippen LogP contribution < -0.4 is 16.0 Å². The Hall–Kier alpha value is -6.24. The van der Waals surface area contributed by atoms with Crippen LogP contribution in [0.2, 0.25) is 0 Å². The van der Waals surface area contributed by atoms with Crippen LogP contribution in [-0.4, -0.2) is 80.8 Å². The molecule has 1 aromatic heterocycles. The Balaban J connectivity index is 1.07. The molecule has 56 heavy (non-hydrogen) atoms. The number of hydrogen-bond acceptors (Lipinski definition) is 8. The molecule has 4 amide bonds. The molecule has 3 N–H and O–H groups in total. The van der Waals surface area contributed by atoms with Crippen molar-refractivity contribution in [3.05, 3.63) is 119 Å². The molecule has 13 heteroatoms. The first-order valence-corrected chi connectivity index (χ1v) is 18.9. The van der Waals surface area contributed by atoms with E-state index in [0.717, 1.165) is 38.9 Å². The molecule has 2 aliphatic rings. The van der Waals surface area contributed by atoms with E-state index in [4.69, 9.17) is 9.47 Å². The highest BCUT2D eigenvalue weighted by Gasteiger charge is 2.43. The number of hydrogen-bond donors (Lipinski definition) is 3. The largest absolute Gasteiger partial charge is 0.449 e. The van der Waals surface area contributed by atoms with Gasteiger partial charge in [-0.15, -0.1) is 5.10 Å². The van der Waals surface area contributed by atoms with Crippen molar-refractivity contribution in [2.75, 3.05) is 13.2 Å². The maximum Gasteiger partial charge on any atom is 0.408 e. The van der Waals surface area contributed by atoms with E-state index in [9.17, 15) is 19.2 Å². The van der Waals surface area contributed by atoms with Crippen molar-refractivity contribution in [3.8, 4) is 11.1 Å². The number of nitrogens with zero attached hydrogens (tertiary/aromatic N) is 4. The zero-order valence-corrected chi connectivity index (χ0v) is 32.0. The lowest BCUT2D eigenvalue weighted by Gasteiger charge is -2.29. The molecule has 0 unspecified atom stereocenters. The molecule has 1 aliphatic carbocycles. The van der Waals surface area contributed by atoms with Crippen molar-refractivity contribution in [2.45, 2.75) is 76.2 Å². The molecule has 2 heterocycles. The molecule has 7 rings (SSSR count). The molecule has 290 valence electrons. The summed E-state index contributed by atoms with van der Waals surface area (Å²) in [7, 11) is 1.81. The van der Waals surface area contributed by atoms with Crippen LogP contribution in [-0.2, 0) is 39.1 Å². The number of ether oxygens (including phenoxy) is 2. The first kappa shape index (κ1) is 38.1. The van der Waals surface area contributed by atoms with E-state index in [0.29, 0.717) is 11.9 Å². The van der Waals surface area contributed by atoms with Gasteiger partial charge in [0.05, 0.1) is 11.6 Å². The second-order valence-electron chi connectivity index (χ2n) is 15.4. The van der Waals surface area contributed by atoms with Crippen molar-refractivity contribution in [1.29, 1.82) is 0 Å². The van der Waals surface area contributed by atoms with E-state index in [1.165, 1.54) is 4.90 Å². The van der Waals surface area contributed by atoms with Crippen LogP contribution >= 0.6 is 0 Å². The molecule has 0 spiro atoms. The second kappa shape index (κ2) is 16.2. The third-order valence-corrected chi connectivity index (χ3v) is 10.2. The Bertz CT molecular complexity index is 2190. The van der Waals surface area contributed by atoms with E-state index in [1.54, 1.807) is 32.5 Å². The third-order valence-electron chi connectivity index (χ3n) is 10.2. The first-order valence-electron chi connectivity index (χ1n) is 18.9. The molecule has 0 radical (unpaired) electrons. The monoisotopic (exact) mass is 757 g/mol. The lowest BCUT2D eigenvalue weighted by Crippen LogP contribution is -2.54. The summed E-state index contributed by atoms with van der Waals surface area (Å²) < 4.78 is 13.0. The standard InChI is InChI=1S/C43H47N7O6/c1-43(2,3)56-42(54)46-35(20-18-27-12-6-5-7-13-27)40(52)50-25-29(23-38(50)39(51)44-24-28-19-21-37-36(22-28)47-48-49(37)4)45-41(53)55-26-34-32-16-10-8-14-30(32)31-15-9-11-17-33(31)34/h5-17,19,21-22,29,34-35,38H,18,20,23-26H2,1-4H3,(H,44,51)(H,45,53)(H,46,54)/t29-,35+,38-/m0/s1. The third kappa shape index (κ3) is 8.67. The highest BCUT2D eigenvalue weighted by molar-refractivity contribution is 5.92. The molecule has 1 fully saturated rings. The van der Waals surface area contributed by atoms with Gasteiger partial charge in [-0.05, 0) is 85.5 Å². The van der Waals surface area contributed by atoms with Gasteiger partial charge in [-0.2, -0.15) is 0 Å². The molecule has 0 saturated carbocycles. The second-order valence-corrected chi connectivity index (χ2v) is 15.4. The van der Waals surface area contributed by atoms with Crippen molar-refractivity contribution in [1.82, 2.24) is 35.8 Å². The molecular weight excluding hydrogens is 711 g/mol. The van der Waals surface area contributed by atoms with Crippen LogP contribution in [0.25, 0.3) is 22.2 Å². The van der Waals surface area contributed by atoms with Gasteiger partial charge in [0, 0.05) is 26.1 Å². The van der Waals surface area contributed by atoms with Gasteiger partial charge in [0.1, 0.15) is 29.8 Å². The molecular formula is C43H47N7O6. The summed E-state index contributed by atoms with van der Waals surface area (Å²) in [5, 5.41) is 16.9. The van der Waals surface area contributed by atoms with E-state index < -0.39 is 47.7 Å². The highest BCUT2D eigenvalue weighted by atomic mass is 16.6. The minimum atomic E-state index is -1.01. The summed E-state index contributed by atoms with van der Waals surface area (Å²) in [5.41, 5.74) is 6.97. The zero-order valence-electron chi connectivity index (χ0n) is 32.0. The van der Waals surface area contributed by atoms with Crippen molar-refractivity contribution in [2.24, 2.45) is 7.05 Å². The fourth-order valence-electron chi connectivity index (χ4n) is 7.61. The van der Waals surface area contributed by atoms with Crippen LogP contribution in [0, 0.1) is 0 Å². The minimum Gasteiger partial charge on any atom is -0.449 e. The molecule has 1 saturated heterocycles. The summed E-state index contributed by atoms with van der Waals surface area (Å²) in [6, 6.07) is 28.9. The Labute approximate surface area is 325 Å². The number of alkyl carbamates (subject to hydrolysis) is 2. The zero-order chi connectivity index (χ0) is 39.4. The van der Waals surface area contributed by atoms with E-state index in [-0.39, 0.29) is 38.5 Å². The van der Waals surface area contributed by atoms with Gasteiger partial charge in [0.25, 0.3) is 0 Å². The van der Waals surface area contributed by atoms with Crippen LogP contribution in [0.15, 0.2) is 97.1 Å². The summed E-state index contributed by atoms with van der Waals surface area (Å²) in [5.74, 6) is -0.975. The van der Waals surface area contributed by atoms with Crippen LogP contribution in [0.4, 0.5) is 9.59 Å². The lowest BCUT2D eigenvalue weighted by atomic mass is 9.98. The molecule has 4 aromatic carbocycles. The molecule has 3 atom stereocenters. The normalized spacial score (nSPS) is 16.8. The SMILES string of the molecule is Cn1nnc2cc(CNC(=O)[C@@H]3C[C@H](NC(=O)OCC4c5ccccc5-c5ccccc54)CN3C(=O)[C@@H](CCc3ccccc3)NC(=O)OC(C)(C)C)ccc21. The maximum absolute atomic E-state index is 14.5. The summed E-state index contributed by atoms with van der Waals surface area (Å²) in [6.45, 7) is 5.57. The fraction of sp³-hybridized carbons (Fsp3) is 0.349. The average molecular weight is 758 g/mol. The van der Waals surface area contributed by atoms with Gasteiger partial charge in [0.2, 0.25) is 11.8 Å². The predicted octanol–water partition coefficient (Wildman–Crippen LogP) is 5.62. The number of likely N-dealkylation sites (tertiary alicyclic amines) is 1. The van der Waals surface area contributed by atoms with E-state index in [1.807, 2.05) is 72.8 Å². The Morgan fingerprint density at radius 3 is 2.23 bits per heavy atom. The molecule has 1 aliphatic heterocycles. The van der Waals surface area contributed by atoms with Crippen molar-refractivity contribution >= 4 is 35.0 Å². The Morgan fingerprint density at radius 1 is 0.857 bits per heavy atom. The predicted molar refractivity (Wildman–Crippen MR) is 210 cm³/mol. The Kier molecular flexibility index (Phi) is 11.0. The van der Waals surface area contributed by atoms with Gasteiger partial charge >= 0.3 is 12.2 Å². The molecule has 5 aromatic rings. The lowest BCUT2D eigenvalue weighted by molar-refractivity contribution is -0.140. The molecule has 0 bridgehead atoms. The minimum absolute atomic E-state index is 0.0323. The summed E-state index contributed by atoms with van der Waals surface area (Å²) in [4.78, 5) is 56.4. The molecule has 13 nitrogen and oxygen atoms in total. The number of carbonyl (C=O) groups is 4. The van der Waals surface area contributed by atoms with Gasteiger partial charge in [-0.25, -0.2) is 14.3 Å². The number of nitrogens with one attached hydrogen (secondary N) is 3. The maximum atomic E-state index is 14.5. The number of benzene rings is 4. The number of aryl methyl sites for hydroxylation is 2. The van der Waals surface area contributed by atoms with Crippen molar-refractivity contribution < 1.29 is 28.7 Å². The van der Waals surface area contributed by atoms with Crippen LogP contribution in [0.3, 0.4) is 0 Å². The number of aromatic nitrogens is 3. The van der Waals surface area contributed by atoms with E-state index in [2.05, 4.69) is 50.5 Å². The van der Waals surface area contributed by atoms with E-state index >= 15 is 0 Å². The van der Waals surface area contributed by atoms with Gasteiger partial charge in [0.15, 0.2) is 0 Å². The van der Waals surface area contributed by atoms with Gasteiger partial charge < -0.3 is 30.3 Å². The highest BCUT2D eigenvalue weighted by Crippen LogP contribution is 2.44. The summed E-state index contributed by atoms with van der Waals surface area (Å²) >= 11 is 0. The number of amides is 4. The van der Waals surface area contributed by atoms with Crippen LogP contribution in [0.5, 0.6) is 0 Å². The number of rotatable bonds is 11. The summed E-state index contributed by atoms with van der Waals surface area (Å²) in [6.07, 6.45) is -0.491. The topological polar surface area (TPSA) is 157 Å². The van der Waals surface area contributed by atoms with Crippen molar-refractivity contribution in [3.63, 3.8) is 0 Å². The fourth-order valence-corrected chi connectivity index (χ4v) is 7.61. The number of fused-ring (bicyclic) bond motifs is 4. The Morgan fingerprint density at radius 2 is 1.54 bits per heavy atom. The quantitative estimate of drug-likeness (QED) is 0.157. The van der Waals surface area contributed by atoms with Gasteiger partial charge in [-0.1, -0.05) is 90.1 Å². The smallest absolute Gasteiger partial charge is 0.408 e.